The van der Waals surface area contributed by atoms with Gasteiger partial charge in [-0.15, -0.1) is 10.2 Å². The van der Waals surface area contributed by atoms with Gasteiger partial charge in [0.25, 0.3) is 5.89 Å². The Hall–Kier alpha value is -2.76. The zero-order valence-corrected chi connectivity index (χ0v) is 11.2. The first-order valence-electron chi connectivity index (χ1n) is 6.62. The number of hydrogen-bond donors (Lipinski definition) is 1. The van der Waals surface area contributed by atoms with Gasteiger partial charge in [0, 0.05) is 24.4 Å². The number of aliphatic carboxylic acids is 1. The van der Waals surface area contributed by atoms with Crippen LogP contribution in [-0.4, -0.2) is 26.3 Å². The van der Waals surface area contributed by atoms with E-state index in [9.17, 15) is 4.79 Å². The molecule has 3 rings (SSSR count). The van der Waals surface area contributed by atoms with Gasteiger partial charge in [-0.05, 0) is 17.9 Å². The third kappa shape index (κ3) is 2.89. The van der Waals surface area contributed by atoms with Crippen molar-refractivity contribution in [2.45, 2.75) is 19.3 Å². The van der Waals surface area contributed by atoms with Gasteiger partial charge in [-0.2, -0.15) is 0 Å². The highest BCUT2D eigenvalue weighted by Crippen LogP contribution is 2.25. The van der Waals surface area contributed by atoms with Crippen LogP contribution in [0, 0.1) is 0 Å². The number of aromatic nitrogens is 3. The Bertz CT molecular complexity index is 777. The summed E-state index contributed by atoms with van der Waals surface area (Å²) >= 11 is 0. The molecule has 0 radical (unpaired) electrons. The number of carbonyl (C=O) groups is 1. The highest BCUT2D eigenvalue weighted by molar-refractivity contribution is 5.92. The first-order valence-corrected chi connectivity index (χ1v) is 6.62. The van der Waals surface area contributed by atoms with Crippen LogP contribution < -0.4 is 0 Å². The summed E-state index contributed by atoms with van der Waals surface area (Å²) in [6, 6.07) is 9.74. The van der Waals surface area contributed by atoms with Gasteiger partial charge in [-0.3, -0.25) is 9.78 Å². The average Bonchev–Trinajstić information content (AvgIpc) is 2.95. The Morgan fingerprint density at radius 2 is 2.05 bits per heavy atom. The van der Waals surface area contributed by atoms with Gasteiger partial charge in [0.1, 0.15) is 5.69 Å². The lowest BCUT2D eigenvalue weighted by molar-refractivity contribution is -0.137. The summed E-state index contributed by atoms with van der Waals surface area (Å²) in [5, 5.41) is 18.6. The maximum absolute atomic E-state index is 10.5. The first kappa shape index (κ1) is 13.2. The molecule has 2 aromatic heterocycles. The monoisotopic (exact) mass is 283 g/mol. The summed E-state index contributed by atoms with van der Waals surface area (Å²) in [7, 11) is 0. The van der Waals surface area contributed by atoms with Crippen LogP contribution in [0.1, 0.15) is 18.7 Å². The van der Waals surface area contributed by atoms with E-state index in [0.717, 1.165) is 10.8 Å². The van der Waals surface area contributed by atoms with Crippen LogP contribution in [0.4, 0.5) is 0 Å². The fourth-order valence-electron chi connectivity index (χ4n) is 2.13. The number of pyridine rings is 1. The summed E-state index contributed by atoms with van der Waals surface area (Å²) in [5.74, 6) is -0.0384. The van der Waals surface area contributed by atoms with E-state index >= 15 is 0 Å². The molecule has 6 heteroatoms. The smallest absolute Gasteiger partial charge is 0.303 e. The van der Waals surface area contributed by atoms with Crippen molar-refractivity contribution in [1.29, 1.82) is 0 Å². The Kier molecular flexibility index (Phi) is 3.59. The van der Waals surface area contributed by atoms with Crippen molar-refractivity contribution >= 4 is 16.7 Å². The zero-order chi connectivity index (χ0) is 14.7. The molecule has 0 aliphatic rings. The molecular formula is C15H13N3O3. The SMILES string of the molecule is O=C(O)CCCc1nnc(-c2nccc3ccccc23)o1. The van der Waals surface area contributed by atoms with E-state index in [0.29, 0.717) is 30.3 Å². The lowest BCUT2D eigenvalue weighted by Gasteiger charge is -2.00. The second-order valence-electron chi connectivity index (χ2n) is 4.63. The fourth-order valence-corrected chi connectivity index (χ4v) is 2.13. The number of aryl methyl sites for hydroxylation is 1. The van der Waals surface area contributed by atoms with Crippen molar-refractivity contribution in [3.63, 3.8) is 0 Å². The van der Waals surface area contributed by atoms with Crippen molar-refractivity contribution in [3.05, 3.63) is 42.4 Å². The maximum atomic E-state index is 10.5. The maximum Gasteiger partial charge on any atom is 0.303 e. The lowest BCUT2D eigenvalue weighted by atomic mass is 10.1. The molecule has 0 fully saturated rings. The van der Waals surface area contributed by atoms with Crippen LogP contribution in [0.2, 0.25) is 0 Å². The van der Waals surface area contributed by atoms with Crippen molar-refractivity contribution in [2.24, 2.45) is 0 Å². The quantitative estimate of drug-likeness (QED) is 0.774. The fraction of sp³-hybridized carbons (Fsp3) is 0.200. The van der Waals surface area contributed by atoms with E-state index in [1.165, 1.54) is 0 Å². The van der Waals surface area contributed by atoms with Crippen LogP contribution >= 0.6 is 0 Å². The van der Waals surface area contributed by atoms with Gasteiger partial charge in [0.05, 0.1) is 0 Å². The number of carboxylic acids is 1. The van der Waals surface area contributed by atoms with E-state index < -0.39 is 5.97 Å². The van der Waals surface area contributed by atoms with Crippen LogP contribution in [0.3, 0.4) is 0 Å². The Balaban J connectivity index is 1.86. The largest absolute Gasteiger partial charge is 0.481 e. The van der Waals surface area contributed by atoms with Crippen molar-refractivity contribution in [3.8, 4) is 11.6 Å². The number of carboxylic acid groups (broad SMARTS) is 1. The van der Waals surface area contributed by atoms with Gasteiger partial charge in [-0.25, -0.2) is 0 Å². The summed E-state index contributed by atoms with van der Waals surface area (Å²) < 4.78 is 5.58. The summed E-state index contributed by atoms with van der Waals surface area (Å²) in [6.07, 6.45) is 2.71. The van der Waals surface area contributed by atoms with Crippen molar-refractivity contribution in [1.82, 2.24) is 15.2 Å². The molecule has 21 heavy (non-hydrogen) atoms. The lowest BCUT2D eigenvalue weighted by Crippen LogP contribution is -1.95. The molecule has 0 unspecified atom stereocenters. The second kappa shape index (κ2) is 5.70. The molecule has 0 saturated carbocycles. The van der Waals surface area contributed by atoms with Gasteiger partial charge < -0.3 is 9.52 Å². The predicted molar refractivity (Wildman–Crippen MR) is 75.6 cm³/mol. The predicted octanol–water partition coefficient (Wildman–Crippen LogP) is 2.69. The van der Waals surface area contributed by atoms with Crippen LogP contribution in [0.25, 0.3) is 22.4 Å². The molecule has 0 amide bonds. The number of fused-ring (bicyclic) bond motifs is 1. The van der Waals surface area contributed by atoms with E-state index in [-0.39, 0.29) is 6.42 Å². The highest BCUT2D eigenvalue weighted by Gasteiger charge is 2.13. The molecule has 1 N–H and O–H groups in total. The molecule has 2 heterocycles. The third-order valence-electron chi connectivity index (χ3n) is 3.12. The minimum atomic E-state index is -0.828. The van der Waals surface area contributed by atoms with Gasteiger partial charge in [-0.1, -0.05) is 24.3 Å². The third-order valence-corrected chi connectivity index (χ3v) is 3.12. The minimum Gasteiger partial charge on any atom is -0.481 e. The molecule has 3 aromatic rings. The number of rotatable bonds is 5. The van der Waals surface area contributed by atoms with Crippen LogP contribution in [0.15, 0.2) is 40.9 Å². The molecular weight excluding hydrogens is 270 g/mol. The standard InChI is InChI=1S/C15H13N3O3/c19-13(20)7-3-6-12-17-18-15(21-12)14-11-5-2-1-4-10(11)8-9-16-14/h1-2,4-5,8-9H,3,6-7H2,(H,19,20). The highest BCUT2D eigenvalue weighted by atomic mass is 16.4. The van der Waals surface area contributed by atoms with Gasteiger partial charge in [0.15, 0.2) is 0 Å². The number of nitrogens with zero attached hydrogens (tertiary/aromatic N) is 3. The summed E-state index contributed by atoms with van der Waals surface area (Å²) in [5.41, 5.74) is 0.644. The molecule has 0 spiro atoms. The van der Waals surface area contributed by atoms with Crippen LogP contribution in [-0.2, 0) is 11.2 Å². The molecule has 0 bridgehead atoms. The summed E-state index contributed by atoms with van der Waals surface area (Å²) in [6.45, 7) is 0. The van der Waals surface area contributed by atoms with Gasteiger partial charge >= 0.3 is 5.97 Å². The van der Waals surface area contributed by atoms with Crippen LogP contribution in [0.5, 0.6) is 0 Å². The van der Waals surface area contributed by atoms with E-state index in [4.69, 9.17) is 9.52 Å². The van der Waals surface area contributed by atoms with E-state index in [1.807, 2.05) is 30.3 Å². The topological polar surface area (TPSA) is 89.1 Å². The average molecular weight is 283 g/mol. The normalized spacial score (nSPS) is 10.9. The Labute approximate surface area is 120 Å². The molecule has 0 atom stereocenters. The number of hydrogen-bond acceptors (Lipinski definition) is 5. The molecule has 1 aromatic carbocycles. The molecule has 0 saturated heterocycles. The summed E-state index contributed by atoms with van der Waals surface area (Å²) in [4.78, 5) is 14.8. The molecule has 0 aliphatic carbocycles. The Morgan fingerprint density at radius 3 is 2.90 bits per heavy atom. The zero-order valence-electron chi connectivity index (χ0n) is 11.2. The van der Waals surface area contributed by atoms with Gasteiger partial charge in [0.2, 0.25) is 5.89 Å². The van der Waals surface area contributed by atoms with Crippen molar-refractivity contribution in [2.75, 3.05) is 0 Å². The Morgan fingerprint density at radius 1 is 1.19 bits per heavy atom. The van der Waals surface area contributed by atoms with E-state index in [1.54, 1.807) is 6.20 Å². The number of benzene rings is 1. The molecule has 106 valence electrons. The van der Waals surface area contributed by atoms with Crippen molar-refractivity contribution < 1.29 is 14.3 Å². The molecule has 6 nitrogen and oxygen atoms in total. The van der Waals surface area contributed by atoms with E-state index in [2.05, 4.69) is 15.2 Å². The molecule has 0 aliphatic heterocycles. The second-order valence-corrected chi connectivity index (χ2v) is 4.63. The first-order chi connectivity index (χ1) is 10.2. The minimum absolute atomic E-state index is 0.0875.